The molecule has 0 saturated heterocycles. The van der Waals surface area contributed by atoms with E-state index in [4.69, 9.17) is 11.6 Å². The number of aryl methyl sites for hydroxylation is 1. The van der Waals surface area contributed by atoms with E-state index >= 15 is 0 Å². The Labute approximate surface area is 211 Å². The number of nitrogens with one attached hydrogen (secondary N) is 1. The number of benzene rings is 4. The first-order valence-electron chi connectivity index (χ1n) is 11.5. The van der Waals surface area contributed by atoms with Crippen molar-refractivity contribution >= 4 is 29.1 Å². The summed E-state index contributed by atoms with van der Waals surface area (Å²) in [7, 11) is 0. The second-order valence-corrected chi connectivity index (χ2v) is 8.93. The third kappa shape index (κ3) is 6.81. The molecule has 2 amide bonds. The summed E-state index contributed by atoms with van der Waals surface area (Å²) in [6, 6.07) is 32.4. The lowest BCUT2D eigenvalue weighted by atomic mass is 10.1. The molecular weight excluding hydrogens is 456 g/mol. The second-order valence-electron chi connectivity index (χ2n) is 8.50. The third-order valence-corrected chi connectivity index (χ3v) is 5.93. The number of rotatable bonds is 8. The van der Waals surface area contributed by atoms with Crippen LogP contribution >= 0.6 is 11.6 Å². The van der Waals surface area contributed by atoms with E-state index in [1.165, 1.54) is 0 Å². The van der Waals surface area contributed by atoms with Crippen LogP contribution in [0.15, 0.2) is 103 Å². The van der Waals surface area contributed by atoms with E-state index < -0.39 is 0 Å². The van der Waals surface area contributed by atoms with Gasteiger partial charge < -0.3 is 10.2 Å². The Hall–Kier alpha value is -3.89. The first-order valence-corrected chi connectivity index (χ1v) is 11.9. The molecule has 0 heterocycles. The first kappa shape index (κ1) is 24.2. The predicted molar refractivity (Wildman–Crippen MR) is 142 cm³/mol. The molecule has 0 fully saturated rings. The molecule has 0 spiro atoms. The number of nitrogens with zero attached hydrogens (tertiary/aromatic N) is 1. The van der Waals surface area contributed by atoms with Gasteiger partial charge in [-0.2, -0.15) is 0 Å². The summed E-state index contributed by atoms with van der Waals surface area (Å²) < 4.78 is 0. The lowest BCUT2D eigenvalue weighted by molar-refractivity contribution is -0.120. The Balaban J connectivity index is 1.52. The molecule has 0 aliphatic rings. The van der Waals surface area contributed by atoms with Gasteiger partial charge in [-0.3, -0.25) is 9.59 Å². The lowest BCUT2D eigenvalue weighted by Crippen LogP contribution is -2.30. The number of carbonyl (C=O) groups is 2. The molecule has 5 heteroatoms. The number of amides is 2. The van der Waals surface area contributed by atoms with Crippen LogP contribution in [0, 0.1) is 6.92 Å². The van der Waals surface area contributed by atoms with E-state index in [1.54, 1.807) is 29.2 Å². The lowest BCUT2D eigenvalue weighted by Gasteiger charge is -2.24. The van der Waals surface area contributed by atoms with Gasteiger partial charge in [-0.05, 0) is 60.0 Å². The molecule has 35 heavy (non-hydrogen) atoms. The van der Waals surface area contributed by atoms with Gasteiger partial charge in [0.1, 0.15) is 0 Å². The molecule has 0 saturated carbocycles. The van der Waals surface area contributed by atoms with Crippen LogP contribution in [0.2, 0.25) is 5.02 Å². The van der Waals surface area contributed by atoms with Crippen molar-refractivity contribution in [3.63, 3.8) is 0 Å². The zero-order valence-corrected chi connectivity index (χ0v) is 20.3. The fourth-order valence-electron chi connectivity index (χ4n) is 3.90. The average Bonchev–Trinajstić information content (AvgIpc) is 2.87. The summed E-state index contributed by atoms with van der Waals surface area (Å²) in [5, 5.41) is 3.56. The molecular formula is C30H27ClN2O2. The number of anilines is 1. The average molecular weight is 483 g/mol. The summed E-state index contributed by atoms with van der Waals surface area (Å²) in [5.41, 5.74) is 5.36. The van der Waals surface area contributed by atoms with Crippen LogP contribution in [0.4, 0.5) is 5.69 Å². The van der Waals surface area contributed by atoms with E-state index in [1.807, 2.05) is 79.7 Å². The summed E-state index contributed by atoms with van der Waals surface area (Å²) in [4.78, 5) is 27.8. The summed E-state index contributed by atoms with van der Waals surface area (Å²) in [6.07, 6.45) is 0.230. The van der Waals surface area contributed by atoms with Crippen LogP contribution in [0.5, 0.6) is 0 Å². The topological polar surface area (TPSA) is 49.4 Å². The monoisotopic (exact) mass is 482 g/mol. The Morgan fingerprint density at radius 3 is 2.20 bits per heavy atom. The van der Waals surface area contributed by atoms with Gasteiger partial charge in [0.25, 0.3) is 5.91 Å². The molecule has 4 rings (SSSR count). The highest BCUT2D eigenvalue weighted by Gasteiger charge is 2.19. The minimum atomic E-state index is -0.133. The quantitative estimate of drug-likeness (QED) is 0.318. The van der Waals surface area contributed by atoms with Crippen molar-refractivity contribution in [2.75, 3.05) is 4.90 Å². The molecule has 0 bridgehead atoms. The van der Waals surface area contributed by atoms with Crippen LogP contribution < -0.4 is 10.2 Å². The Morgan fingerprint density at radius 1 is 0.771 bits per heavy atom. The van der Waals surface area contributed by atoms with Crippen LogP contribution in [-0.2, 0) is 24.3 Å². The Bertz CT molecular complexity index is 1300. The molecule has 0 aliphatic heterocycles. The maximum Gasteiger partial charge on any atom is 0.258 e. The molecule has 0 unspecified atom stereocenters. The Kier molecular flexibility index (Phi) is 7.96. The summed E-state index contributed by atoms with van der Waals surface area (Å²) >= 11 is 6.02. The van der Waals surface area contributed by atoms with Crippen LogP contribution in [0.1, 0.15) is 32.6 Å². The van der Waals surface area contributed by atoms with Gasteiger partial charge in [0, 0.05) is 22.8 Å². The van der Waals surface area contributed by atoms with E-state index in [9.17, 15) is 9.59 Å². The maximum atomic E-state index is 13.5. The number of hydrogen-bond donors (Lipinski definition) is 1. The van der Waals surface area contributed by atoms with Gasteiger partial charge in [-0.1, -0.05) is 83.9 Å². The maximum absolute atomic E-state index is 13.5. The molecule has 4 aromatic rings. The second kappa shape index (κ2) is 11.5. The van der Waals surface area contributed by atoms with Crippen LogP contribution in [-0.4, -0.2) is 11.8 Å². The standard InChI is InChI=1S/C30H27ClN2O2/c1-22-7-5-11-25(17-22)20-32-29(34)19-24-10-6-12-28(18-24)33(21-23-8-3-2-4-9-23)30(35)26-13-15-27(31)16-14-26/h2-18H,19-21H2,1H3,(H,32,34). The molecule has 1 N–H and O–H groups in total. The van der Waals surface area contributed by atoms with E-state index in [0.717, 1.165) is 27.9 Å². The number of carbonyl (C=O) groups excluding carboxylic acids is 2. The SMILES string of the molecule is Cc1cccc(CNC(=O)Cc2cccc(N(Cc3ccccc3)C(=O)c3ccc(Cl)cc3)c2)c1. The van der Waals surface area contributed by atoms with Gasteiger partial charge in [-0.15, -0.1) is 0 Å². The molecule has 0 atom stereocenters. The van der Waals surface area contributed by atoms with Crippen molar-refractivity contribution in [2.45, 2.75) is 26.4 Å². The molecule has 176 valence electrons. The molecule has 4 nitrogen and oxygen atoms in total. The van der Waals surface area contributed by atoms with Crippen molar-refractivity contribution in [2.24, 2.45) is 0 Å². The van der Waals surface area contributed by atoms with E-state index in [-0.39, 0.29) is 18.2 Å². The van der Waals surface area contributed by atoms with Gasteiger partial charge >= 0.3 is 0 Å². The fourth-order valence-corrected chi connectivity index (χ4v) is 4.03. The molecule has 0 aliphatic carbocycles. The molecule has 4 aromatic carbocycles. The fraction of sp³-hybridized carbons (Fsp3) is 0.133. The largest absolute Gasteiger partial charge is 0.352 e. The van der Waals surface area contributed by atoms with Crippen molar-refractivity contribution in [3.05, 3.63) is 136 Å². The summed E-state index contributed by atoms with van der Waals surface area (Å²) in [5.74, 6) is -0.200. The zero-order chi connectivity index (χ0) is 24.6. The van der Waals surface area contributed by atoms with E-state index in [0.29, 0.717) is 23.7 Å². The highest BCUT2D eigenvalue weighted by atomic mass is 35.5. The highest BCUT2D eigenvalue weighted by molar-refractivity contribution is 6.30. The van der Waals surface area contributed by atoms with Crippen molar-refractivity contribution in [1.82, 2.24) is 5.32 Å². The van der Waals surface area contributed by atoms with Crippen LogP contribution in [0.3, 0.4) is 0 Å². The molecule has 0 radical (unpaired) electrons. The number of halogens is 1. The number of hydrogen-bond acceptors (Lipinski definition) is 2. The van der Waals surface area contributed by atoms with Gasteiger partial charge in [0.05, 0.1) is 13.0 Å². The first-order chi connectivity index (χ1) is 17.0. The van der Waals surface area contributed by atoms with E-state index in [2.05, 4.69) is 11.4 Å². The smallest absolute Gasteiger partial charge is 0.258 e. The highest BCUT2D eigenvalue weighted by Crippen LogP contribution is 2.23. The van der Waals surface area contributed by atoms with Crippen LogP contribution in [0.25, 0.3) is 0 Å². The van der Waals surface area contributed by atoms with Crippen molar-refractivity contribution < 1.29 is 9.59 Å². The van der Waals surface area contributed by atoms with Gasteiger partial charge in [-0.25, -0.2) is 0 Å². The molecule has 0 aromatic heterocycles. The van der Waals surface area contributed by atoms with Crippen molar-refractivity contribution in [1.29, 1.82) is 0 Å². The minimum Gasteiger partial charge on any atom is -0.352 e. The Morgan fingerprint density at radius 2 is 1.46 bits per heavy atom. The minimum absolute atomic E-state index is 0.0673. The zero-order valence-electron chi connectivity index (χ0n) is 19.6. The van der Waals surface area contributed by atoms with Gasteiger partial charge in [0.2, 0.25) is 5.91 Å². The summed E-state index contributed by atoms with van der Waals surface area (Å²) in [6.45, 7) is 2.92. The van der Waals surface area contributed by atoms with Crippen molar-refractivity contribution in [3.8, 4) is 0 Å². The normalized spacial score (nSPS) is 10.6. The third-order valence-electron chi connectivity index (χ3n) is 5.68. The predicted octanol–water partition coefficient (Wildman–Crippen LogP) is 6.35. The van der Waals surface area contributed by atoms with Gasteiger partial charge in [0.15, 0.2) is 0 Å².